The number of anilines is 1. The van der Waals surface area contributed by atoms with Crippen molar-refractivity contribution in [3.8, 4) is 11.6 Å². The van der Waals surface area contributed by atoms with E-state index in [0.29, 0.717) is 23.9 Å². The van der Waals surface area contributed by atoms with Crippen molar-refractivity contribution in [1.29, 1.82) is 0 Å². The number of nitrogens with two attached hydrogens (primary N) is 1. The molecule has 0 radical (unpaired) electrons. The normalized spacial score (nSPS) is 11.0. The number of pyridine rings is 1. The number of nitrogen functional groups attached to an aromatic ring is 1. The Morgan fingerprint density at radius 1 is 1.19 bits per heavy atom. The number of hydrogen-bond acceptors (Lipinski definition) is 4. The van der Waals surface area contributed by atoms with E-state index in [-0.39, 0.29) is 0 Å². The summed E-state index contributed by atoms with van der Waals surface area (Å²) in [5, 5.41) is 5.41. The molecule has 2 N–H and O–H groups in total. The smallest absolute Gasteiger partial charge is 0.241 e. The summed E-state index contributed by atoms with van der Waals surface area (Å²) in [5.41, 5.74) is 9.20. The molecule has 0 aliphatic heterocycles. The molecule has 0 spiro atoms. The Balaban J connectivity index is 2.12. The first-order valence-electron chi connectivity index (χ1n) is 6.97. The highest BCUT2D eigenvalue weighted by Gasteiger charge is 2.15. The third-order valence-electron chi connectivity index (χ3n) is 3.45. The minimum absolute atomic E-state index is 0.571. The summed E-state index contributed by atoms with van der Waals surface area (Å²) in [4.78, 5) is 4.57. The number of aryl methyl sites for hydroxylation is 3. The molecule has 3 rings (SSSR count). The van der Waals surface area contributed by atoms with Gasteiger partial charge in [0.05, 0.1) is 5.69 Å². The van der Waals surface area contributed by atoms with Crippen LogP contribution in [0.4, 0.5) is 5.69 Å². The zero-order valence-corrected chi connectivity index (χ0v) is 12.4. The van der Waals surface area contributed by atoms with Crippen LogP contribution in [0.3, 0.4) is 0 Å². The third-order valence-corrected chi connectivity index (χ3v) is 3.45. The van der Waals surface area contributed by atoms with Gasteiger partial charge in [0, 0.05) is 17.6 Å². The lowest BCUT2D eigenvalue weighted by Gasteiger charge is -2.10. The quantitative estimate of drug-likeness (QED) is 0.799. The summed E-state index contributed by atoms with van der Waals surface area (Å²) in [5.74, 6) is 1.27. The van der Waals surface area contributed by atoms with Crippen molar-refractivity contribution in [2.24, 2.45) is 0 Å². The first kappa shape index (κ1) is 13.4. The highest BCUT2D eigenvalue weighted by Crippen LogP contribution is 2.33. The number of hydrogen-bond donors (Lipinski definition) is 1. The number of rotatable bonds is 3. The van der Waals surface area contributed by atoms with Crippen molar-refractivity contribution < 1.29 is 4.74 Å². The molecule has 5 heteroatoms. The minimum Gasteiger partial charge on any atom is -0.435 e. The molecule has 0 fully saturated rings. The Morgan fingerprint density at radius 3 is 2.76 bits per heavy atom. The SMILES string of the molecule is CCn1nc(C)c(N)c1Oc1cccc2ccc(C)nc12. The summed E-state index contributed by atoms with van der Waals surface area (Å²) in [7, 11) is 0. The highest BCUT2D eigenvalue weighted by molar-refractivity contribution is 5.85. The van der Waals surface area contributed by atoms with Crippen molar-refractivity contribution in [2.75, 3.05) is 5.73 Å². The third kappa shape index (κ3) is 2.31. The van der Waals surface area contributed by atoms with Crippen LogP contribution in [0.25, 0.3) is 10.9 Å². The summed E-state index contributed by atoms with van der Waals surface area (Å²) in [6.45, 7) is 6.54. The van der Waals surface area contributed by atoms with Gasteiger partial charge in [-0.05, 0) is 32.9 Å². The monoisotopic (exact) mass is 282 g/mol. The Bertz CT molecular complexity index is 807. The second kappa shape index (κ2) is 5.09. The molecule has 1 aromatic carbocycles. The number of aromatic nitrogens is 3. The highest BCUT2D eigenvalue weighted by atomic mass is 16.5. The van der Waals surface area contributed by atoms with Crippen molar-refractivity contribution >= 4 is 16.6 Å². The summed E-state index contributed by atoms with van der Waals surface area (Å²) < 4.78 is 7.80. The molecule has 21 heavy (non-hydrogen) atoms. The van der Waals surface area contributed by atoms with Crippen molar-refractivity contribution in [3.63, 3.8) is 0 Å². The van der Waals surface area contributed by atoms with E-state index in [2.05, 4.69) is 10.1 Å². The lowest BCUT2D eigenvalue weighted by Crippen LogP contribution is -2.01. The van der Waals surface area contributed by atoms with Crippen LogP contribution < -0.4 is 10.5 Å². The Morgan fingerprint density at radius 2 is 2.00 bits per heavy atom. The zero-order chi connectivity index (χ0) is 15.0. The van der Waals surface area contributed by atoms with E-state index in [1.54, 1.807) is 4.68 Å². The minimum atomic E-state index is 0.571. The molecule has 2 heterocycles. The van der Waals surface area contributed by atoms with Gasteiger partial charge in [-0.15, -0.1) is 0 Å². The van der Waals surface area contributed by atoms with Gasteiger partial charge in [0.1, 0.15) is 11.2 Å². The summed E-state index contributed by atoms with van der Waals surface area (Å²) >= 11 is 0. The molecule has 0 atom stereocenters. The molecule has 0 aliphatic carbocycles. The number of para-hydroxylation sites is 1. The molecule has 5 nitrogen and oxygen atoms in total. The number of fused-ring (bicyclic) bond motifs is 1. The summed E-state index contributed by atoms with van der Waals surface area (Å²) in [6.07, 6.45) is 0. The van der Waals surface area contributed by atoms with Gasteiger partial charge in [-0.3, -0.25) is 0 Å². The first-order valence-corrected chi connectivity index (χ1v) is 6.97. The molecule has 0 amide bonds. The second-order valence-electron chi connectivity index (χ2n) is 5.00. The predicted octanol–water partition coefficient (Wildman–Crippen LogP) is 3.44. The lowest BCUT2D eigenvalue weighted by molar-refractivity contribution is 0.421. The summed E-state index contributed by atoms with van der Waals surface area (Å²) in [6, 6.07) is 9.89. The van der Waals surface area contributed by atoms with Crippen LogP contribution in [-0.2, 0) is 6.54 Å². The predicted molar refractivity (Wildman–Crippen MR) is 83.6 cm³/mol. The van der Waals surface area contributed by atoms with Crippen molar-refractivity contribution in [3.05, 3.63) is 41.7 Å². The van der Waals surface area contributed by atoms with Crippen molar-refractivity contribution in [1.82, 2.24) is 14.8 Å². The molecule has 3 aromatic rings. The van der Waals surface area contributed by atoms with E-state index in [1.807, 2.05) is 51.1 Å². The molecule has 0 aliphatic rings. The van der Waals surface area contributed by atoms with Crippen LogP contribution in [0.2, 0.25) is 0 Å². The Kier molecular flexibility index (Phi) is 3.25. The zero-order valence-electron chi connectivity index (χ0n) is 12.4. The number of benzene rings is 1. The van der Waals surface area contributed by atoms with Crippen LogP contribution in [0.5, 0.6) is 11.6 Å². The fourth-order valence-electron chi connectivity index (χ4n) is 2.30. The Hall–Kier alpha value is -2.56. The Labute approximate surface area is 123 Å². The van der Waals surface area contributed by atoms with E-state index in [1.165, 1.54) is 0 Å². The van der Waals surface area contributed by atoms with Crippen LogP contribution in [0.1, 0.15) is 18.3 Å². The molecule has 0 unspecified atom stereocenters. The molecule has 0 bridgehead atoms. The van der Waals surface area contributed by atoms with Gasteiger partial charge in [-0.25, -0.2) is 9.67 Å². The molecular formula is C16H18N4O. The maximum atomic E-state index is 6.07. The number of ether oxygens (including phenoxy) is 1. The van der Waals surface area contributed by atoms with E-state index in [0.717, 1.165) is 22.3 Å². The van der Waals surface area contributed by atoms with Crippen LogP contribution in [0, 0.1) is 13.8 Å². The molecular weight excluding hydrogens is 264 g/mol. The average Bonchev–Trinajstić information content (AvgIpc) is 2.75. The topological polar surface area (TPSA) is 66.0 Å². The molecule has 108 valence electrons. The second-order valence-corrected chi connectivity index (χ2v) is 5.00. The average molecular weight is 282 g/mol. The van der Waals surface area contributed by atoms with E-state index < -0.39 is 0 Å². The van der Waals surface area contributed by atoms with Gasteiger partial charge in [0.25, 0.3) is 0 Å². The van der Waals surface area contributed by atoms with Gasteiger partial charge in [-0.2, -0.15) is 5.10 Å². The molecule has 2 aromatic heterocycles. The first-order chi connectivity index (χ1) is 10.1. The molecule has 0 saturated carbocycles. The van der Waals surface area contributed by atoms with Gasteiger partial charge >= 0.3 is 0 Å². The largest absolute Gasteiger partial charge is 0.435 e. The van der Waals surface area contributed by atoms with Gasteiger partial charge in [-0.1, -0.05) is 18.2 Å². The number of nitrogens with zero attached hydrogens (tertiary/aromatic N) is 3. The maximum absolute atomic E-state index is 6.07. The fourth-order valence-corrected chi connectivity index (χ4v) is 2.30. The van der Waals surface area contributed by atoms with Gasteiger partial charge < -0.3 is 10.5 Å². The van der Waals surface area contributed by atoms with E-state index in [9.17, 15) is 0 Å². The standard InChI is InChI=1S/C16H18N4O/c1-4-20-16(14(17)11(3)19-20)21-13-7-5-6-12-9-8-10(2)18-15(12)13/h5-9H,4,17H2,1-3H3. The maximum Gasteiger partial charge on any atom is 0.241 e. The van der Waals surface area contributed by atoms with Crippen LogP contribution in [-0.4, -0.2) is 14.8 Å². The van der Waals surface area contributed by atoms with Crippen LogP contribution in [0.15, 0.2) is 30.3 Å². The van der Waals surface area contributed by atoms with Gasteiger partial charge in [0.15, 0.2) is 5.75 Å². The molecule has 0 saturated heterocycles. The lowest BCUT2D eigenvalue weighted by atomic mass is 10.2. The van der Waals surface area contributed by atoms with Gasteiger partial charge in [0.2, 0.25) is 5.88 Å². The van der Waals surface area contributed by atoms with E-state index >= 15 is 0 Å². The van der Waals surface area contributed by atoms with Crippen molar-refractivity contribution in [2.45, 2.75) is 27.3 Å². The fraction of sp³-hybridized carbons (Fsp3) is 0.250. The van der Waals surface area contributed by atoms with E-state index in [4.69, 9.17) is 10.5 Å². The van der Waals surface area contributed by atoms with Crippen LogP contribution >= 0.6 is 0 Å².